The van der Waals surface area contributed by atoms with E-state index in [9.17, 15) is 0 Å². The van der Waals surface area contributed by atoms with Gasteiger partial charge in [0, 0.05) is 25.4 Å². The van der Waals surface area contributed by atoms with Crippen molar-refractivity contribution < 1.29 is 4.18 Å². The van der Waals surface area contributed by atoms with E-state index in [2.05, 4.69) is 119 Å². The molecule has 5 rings (SSSR count). The van der Waals surface area contributed by atoms with E-state index < -0.39 is 0 Å². The number of rotatable bonds is 9. The molecule has 6 nitrogen and oxygen atoms in total. The van der Waals surface area contributed by atoms with Crippen molar-refractivity contribution in [3.63, 3.8) is 0 Å². The molecule has 0 atom stereocenters. The van der Waals surface area contributed by atoms with Gasteiger partial charge < -0.3 is 19.8 Å². The average molecular weight is 592 g/mol. The number of benzene rings is 4. The highest BCUT2D eigenvalue weighted by Crippen LogP contribution is 2.36. The predicted octanol–water partition coefficient (Wildman–Crippen LogP) is 8.00. The lowest BCUT2D eigenvalue weighted by atomic mass is 9.93. The van der Waals surface area contributed by atoms with Gasteiger partial charge in [-0.1, -0.05) is 103 Å². The number of likely N-dealkylation sites (N-methyl/N-ethyl adjacent to an activating group) is 1. The van der Waals surface area contributed by atoms with Crippen LogP contribution in [-0.2, 0) is 10.7 Å². The Hall–Kier alpha value is -4.35. The fourth-order valence-corrected chi connectivity index (χ4v) is 4.62. The third-order valence-corrected chi connectivity index (χ3v) is 7.04. The van der Waals surface area contributed by atoms with Crippen molar-refractivity contribution in [3.8, 4) is 28.5 Å². The Morgan fingerprint density at radius 1 is 0.953 bits per heavy atom. The van der Waals surface area contributed by atoms with E-state index in [0.717, 1.165) is 54.3 Å². The molecule has 0 radical (unpaired) electrons. The van der Waals surface area contributed by atoms with Crippen molar-refractivity contribution >= 4 is 29.2 Å². The van der Waals surface area contributed by atoms with E-state index in [1.54, 1.807) is 0 Å². The number of aromatic nitrogens is 2. The fourth-order valence-electron chi connectivity index (χ4n) is 4.45. The van der Waals surface area contributed by atoms with Crippen LogP contribution in [0, 0.1) is 25.4 Å². The lowest BCUT2D eigenvalue weighted by Crippen LogP contribution is -2.17. The number of nitrogens with zero attached hydrogens (tertiary/aromatic N) is 3. The molecule has 0 unspecified atom stereocenters. The minimum Gasteiger partial charge on any atom is -0.352 e. The van der Waals surface area contributed by atoms with E-state index in [0.29, 0.717) is 0 Å². The van der Waals surface area contributed by atoms with Crippen LogP contribution in [0.2, 0.25) is 0 Å². The van der Waals surface area contributed by atoms with Crippen LogP contribution in [0.15, 0.2) is 97.6 Å². The second kappa shape index (κ2) is 17.6. The summed E-state index contributed by atoms with van der Waals surface area (Å²) >= 11 is 1.15. The Labute approximate surface area is 260 Å². The molecule has 0 aliphatic carbocycles. The molecule has 5 aromatic rings. The number of aryl methyl sites for hydroxylation is 2. The summed E-state index contributed by atoms with van der Waals surface area (Å²) in [7, 11) is 1.88. The summed E-state index contributed by atoms with van der Waals surface area (Å²) in [5.74, 6) is 1.72. The lowest BCUT2D eigenvalue weighted by Gasteiger charge is -2.13. The van der Waals surface area contributed by atoms with Crippen molar-refractivity contribution in [3.05, 3.63) is 120 Å². The van der Waals surface area contributed by atoms with Crippen LogP contribution in [0.25, 0.3) is 39.4 Å². The molecular formula is C36H41N5OS. The van der Waals surface area contributed by atoms with Crippen LogP contribution >= 0.6 is 12.0 Å². The number of hydrogen-bond acceptors (Lipinski definition) is 6. The van der Waals surface area contributed by atoms with Crippen LogP contribution in [0.5, 0.6) is 0 Å². The molecule has 0 saturated heterocycles. The minimum atomic E-state index is 0.733. The second-order valence-corrected chi connectivity index (χ2v) is 10.8. The Kier molecular flexibility index (Phi) is 13.5. The fraction of sp³-hybridized carbons (Fsp3) is 0.222. The zero-order valence-corrected chi connectivity index (χ0v) is 26.3. The zero-order valence-electron chi connectivity index (χ0n) is 25.5. The summed E-state index contributed by atoms with van der Waals surface area (Å²) in [5, 5.41) is 10.6. The maximum Gasteiger partial charge on any atom is 0.299 e. The molecule has 0 saturated carbocycles. The van der Waals surface area contributed by atoms with Gasteiger partial charge in [-0.3, -0.25) is 0 Å². The van der Waals surface area contributed by atoms with Gasteiger partial charge in [0.2, 0.25) is 0 Å². The molecule has 4 aromatic carbocycles. The van der Waals surface area contributed by atoms with Gasteiger partial charge >= 0.3 is 0 Å². The summed E-state index contributed by atoms with van der Waals surface area (Å²) in [6, 6.07) is 32.5. The van der Waals surface area contributed by atoms with Crippen molar-refractivity contribution in [2.45, 2.75) is 27.3 Å². The number of hydrogen-bond donors (Lipinski definition) is 2. The van der Waals surface area contributed by atoms with Crippen LogP contribution in [-0.4, -0.2) is 35.4 Å². The monoisotopic (exact) mass is 591 g/mol. The third-order valence-electron chi connectivity index (χ3n) is 6.62. The van der Waals surface area contributed by atoms with Gasteiger partial charge in [0.05, 0.1) is 23.1 Å². The largest absolute Gasteiger partial charge is 0.352 e. The molecule has 0 fully saturated rings. The van der Waals surface area contributed by atoms with Gasteiger partial charge in [0.25, 0.3) is 6.26 Å². The number of imidazole rings is 1. The number of nitrogens with two attached hydrogens (primary N) is 1. The van der Waals surface area contributed by atoms with Gasteiger partial charge in [0.15, 0.2) is 0 Å². The van der Waals surface area contributed by atoms with Gasteiger partial charge in [-0.2, -0.15) is 0 Å². The Bertz CT molecular complexity index is 1600. The summed E-state index contributed by atoms with van der Waals surface area (Å²) in [6.07, 6.45) is 3.38. The van der Waals surface area contributed by atoms with E-state index in [1.165, 1.54) is 45.2 Å². The highest BCUT2D eigenvalue weighted by Gasteiger charge is 2.15. The maximum absolute atomic E-state index is 7.70. The number of nitriles is 1. The van der Waals surface area contributed by atoms with Crippen molar-refractivity contribution in [2.24, 2.45) is 5.73 Å². The van der Waals surface area contributed by atoms with Crippen molar-refractivity contribution in [1.82, 2.24) is 14.9 Å². The molecule has 0 aliphatic heterocycles. The second-order valence-electron chi connectivity index (χ2n) is 9.84. The van der Waals surface area contributed by atoms with E-state index in [-0.39, 0.29) is 0 Å². The van der Waals surface area contributed by atoms with E-state index in [1.807, 2.05) is 26.1 Å². The molecule has 1 heterocycles. The van der Waals surface area contributed by atoms with Crippen LogP contribution in [0.1, 0.15) is 29.4 Å². The average Bonchev–Trinajstić information content (AvgIpc) is 3.38. The summed E-state index contributed by atoms with van der Waals surface area (Å²) < 4.78 is 6.46. The van der Waals surface area contributed by atoms with Crippen molar-refractivity contribution in [1.29, 1.82) is 5.26 Å². The topological polar surface area (TPSA) is 88.9 Å². The zero-order chi connectivity index (χ0) is 31.0. The molecule has 3 N–H and O–H groups in total. The molecule has 43 heavy (non-hydrogen) atoms. The first-order valence-electron chi connectivity index (χ1n) is 14.3. The highest BCUT2D eigenvalue weighted by atomic mass is 32.2. The molecule has 7 heteroatoms. The van der Waals surface area contributed by atoms with Gasteiger partial charge in [-0.15, -0.1) is 5.26 Å². The lowest BCUT2D eigenvalue weighted by molar-refractivity contribution is 0.595. The smallest absolute Gasteiger partial charge is 0.299 e. The summed E-state index contributed by atoms with van der Waals surface area (Å²) in [6.45, 7) is 12.6. The van der Waals surface area contributed by atoms with Gasteiger partial charge in [0.1, 0.15) is 5.82 Å². The standard InChI is InChI=1S/C30H26N2.C3H10N2.C3H5NOS/c1-4-30-31-28-18-26(24-14-10-21(2)11-15-24)27(25-16-12-22(3)13-17-25)19-29(28)32(30)20-23-8-6-5-7-9-23;1-5-3-2-4;1-2-6-5-3-4/h4-19H,1,20H2,2-3H3;5H,2-4H2,1H3;2H2,1H3. The normalized spacial score (nSPS) is 10.1. The third kappa shape index (κ3) is 9.59. The molecule has 222 valence electrons. The Morgan fingerprint density at radius 2 is 1.53 bits per heavy atom. The van der Waals surface area contributed by atoms with E-state index >= 15 is 0 Å². The summed E-state index contributed by atoms with van der Waals surface area (Å²) in [5.41, 5.74) is 15.8. The minimum absolute atomic E-state index is 0.733. The predicted molar refractivity (Wildman–Crippen MR) is 184 cm³/mol. The quantitative estimate of drug-likeness (QED) is 0.103. The molecule has 0 bridgehead atoms. The van der Waals surface area contributed by atoms with Crippen LogP contribution < -0.4 is 11.1 Å². The SMILES string of the molecule is C=Cc1nc2cc(-c3ccc(C)cc3)c(-c3ccc(C)cc3)cc2n1Cc1ccccc1.CCSOC#N.CNCCN. The maximum atomic E-state index is 7.70. The number of nitrogens with one attached hydrogen (secondary N) is 1. The molecule has 0 amide bonds. The molecule has 1 aromatic heterocycles. The van der Waals surface area contributed by atoms with Crippen LogP contribution in [0.3, 0.4) is 0 Å². The molecule has 0 spiro atoms. The Balaban J connectivity index is 0.000000395. The van der Waals surface area contributed by atoms with Gasteiger partial charge in [-0.05, 0) is 66.9 Å². The first-order valence-corrected chi connectivity index (χ1v) is 15.2. The Morgan fingerprint density at radius 3 is 1.98 bits per heavy atom. The van der Waals surface area contributed by atoms with E-state index in [4.69, 9.17) is 16.0 Å². The summed E-state index contributed by atoms with van der Waals surface area (Å²) in [4.78, 5) is 4.92. The van der Waals surface area contributed by atoms with Gasteiger partial charge in [-0.25, -0.2) is 4.98 Å². The number of fused-ring (bicyclic) bond motifs is 1. The first-order chi connectivity index (χ1) is 20.9. The first kappa shape index (κ1) is 33.2. The molecule has 0 aliphatic rings. The highest BCUT2D eigenvalue weighted by molar-refractivity contribution is 7.94. The molecular weight excluding hydrogens is 550 g/mol. The van der Waals surface area contributed by atoms with Crippen molar-refractivity contribution in [2.75, 3.05) is 25.9 Å². The van der Waals surface area contributed by atoms with Crippen LogP contribution in [0.4, 0.5) is 0 Å².